The largest absolute Gasteiger partial charge is 0.495 e. The summed E-state index contributed by atoms with van der Waals surface area (Å²) < 4.78 is 7.57. The van der Waals surface area contributed by atoms with E-state index < -0.39 is 0 Å². The molecule has 0 aliphatic carbocycles. The van der Waals surface area contributed by atoms with Gasteiger partial charge < -0.3 is 19.1 Å². The van der Waals surface area contributed by atoms with E-state index in [1.165, 1.54) is 37.9 Å². The number of aromatic nitrogens is 2. The van der Waals surface area contributed by atoms with Crippen LogP contribution >= 0.6 is 0 Å². The van der Waals surface area contributed by atoms with Gasteiger partial charge in [-0.1, -0.05) is 42.8 Å². The van der Waals surface area contributed by atoms with Crippen LogP contribution in [0.1, 0.15) is 42.0 Å². The van der Waals surface area contributed by atoms with Gasteiger partial charge in [-0.25, -0.2) is 4.98 Å². The predicted molar refractivity (Wildman–Crippen MR) is 143 cm³/mol. The molecule has 0 unspecified atom stereocenters. The standard InChI is InChI=1S/C30H36N4O2/c1-23-18-34(22-31-23)28-13-11-24(17-29(28)36-2)12-14-30(35)33-20-26(19-32-15-7-4-8-16-32)27(21-33)25-9-5-3-6-10-25/h3,5-6,9-14,17-18,22,26-27H,4,7-8,15-16,19-21H2,1-2H3/t26-,27+/m1/s1. The molecule has 0 saturated carbocycles. The summed E-state index contributed by atoms with van der Waals surface area (Å²) in [6, 6.07) is 16.7. The Balaban J connectivity index is 1.29. The Morgan fingerprint density at radius 2 is 1.89 bits per heavy atom. The van der Waals surface area contributed by atoms with E-state index >= 15 is 0 Å². The number of ether oxygens (including phenoxy) is 1. The van der Waals surface area contributed by atoms with Crippen molar-refractivity contribution >= 4 is 12.0 Å². The summed E-state index contributed by atoms with van der Waals surface area (Å²) in [7, 11) is 1.66. The summed E-state index contributed by atoms with van der Waals surface area (Å²) in [5.74, 6) is 1.66. The summed E-state index contributed by atoms with van der Waals surface area (Å²) in [6.07, 6.45) is 11.3. The number of amides is 1. The van der Waals surface area contributed by atoms with Crippen LogP contribution in [0.5, 0.6) is 5.75 Å². The van der Waals surface area contributed by atoms with E-state index in [0.29, 0.717) is 11.8 Å². The zero-order valence-corrected chi connectivity index (χ0v) is 21.3. The van der Waals surface area contributed by atoms with Crippen molar-refractivity contribution in [3.05, 3.63) is 84.0 Å². The summed E-state index contributed by atoms with van der Waals surface area (Å²) in [5.41, 5.74) is 4.15. The van der Waals surface area contributed by atoms with E-state index in [-0.39, 0.29) is 5.91 Å². The SMILES string of the molecule is COc1cc(C=CC(=O)N2C[C@@H](CN3CCCCC3)[C@H](c3ccccc3)C2)ccc1-n1cnc(C)c1. The molecule has 6 nitrogen and oxygen atoms in total. The predicted octanol–water partition coefficient (Wildman–Crippen LogP) is 4.93. The third kappa shape index (κ3) is 5.54. The molecule has 1 aromatic heterocycles. The van der Waals surface area contributed by atoms with Crippen molar-refractivity contribution in [3.63, 3.8) is 0 Å². The number of imidazole rings is 1. The molecule has 2 aromatic carbocycles. The van der Waals surface area contributed by atoms with E-state index in [1.807, 2.05) is 46.9 Å². The maximum Gasteiger partial charge on any atom is 0.246 e. The number of likely N-dealkylation sites (tertiary alicyclic amines) is 2. The van der Waals surface area contributed by atoms with E-state index in [4.69, 9.17) is 4.74 Å². The van der Waals surface area contributed by atoms with Gasteiger partial charge in [0.25, 0.3) is 0 Å². The van der Waals surface area contributed by atoms with Crippen molar-refractivity contribution < 1.29 is 9.53 Å². The monoisotopic (exact) mass is 484 g/mol. The fourth-order valence-electron chi connectivity index (χ4n) is 5.62. The molecule has 3 heterocycles. The number of rotatable bonds is 7. The number of methoxy groups -OCH3 is 1. The van der Waals surface area contributed by atoms with Gasteiger partial charge in [0.1, 0.15) is 5.75 Å². The minimum Gasteiger partial charge on any atom is -0.495 e. The first kappa shape index (κ1) is 24.3. The average molecular weight is 485 g/mol. The van der Waals surface area contributed by atoms with Crippen molar-refractivity contribution in [3.8, 4) is 11.4 Å². The minimum absolute atomic E-state index is 0.0744. The Hall–Kier alpha value is -3.38. The molecule has 0 N–H and O–H groups in total. The molecule has 2 aliphatic heterocycles. The molecule has 2 fully saturated rings. The van der Waals surface area contributed by atoms with Crippen LogP contribution in [0.3, 0.4) is 0 Å². The van der Waals surface area contributed by atoms with Crippen LogP contribution < -0.4 is 4.74 Å². The normalized spacial score (nSPS) is 20.8. The van der Waals surface area contributed by atoms with Gasteiger partial charge in [0.15, 0.2) is 0 Å². The Bertz CT molecular complexity index is 1200. The molecule has 0 bridgehead atoms. The zero-order chi connectivity index (χ0) is 24.9. The first-order valence-electron chi connectivity index (χ1n) is 13.0. The van der Waals surface area contributed by atoms with Crippen molar-refractivity contribution in [2.45, 2.75) is 32.1 Å². The number of piperidine rings is 1. The highest BCUT2D eigenvalue weighted by Crippen LogP contribution is 2.34. The second-order valence-corrected chi connectivity index (χ2v) is 10.1. The molecule has 0 radical (unpaired) electrons. The lowest BCUT2D eigenvalue weighted by Gasteiger charge is -2.31. The quantitative estimate of drug-likeness (QED) is 0.446. The average Bonchev–Trinajstić information content (AvgIpc) is 3.54. The van der Waals surface area contributed by atoms with Gasteiger partial charge in [-0.3, -0.25) is 4.79 Å². The number of hydrogen-bond donors (Lipinski definition) is 0. The molecule has 2 aliphatic rings. The van der Waals surface area contributed by atoms with Crippen LogP contribution in [0.25, 0.3) is 11.8 Å². The van der Waals surface area contributed by atoms with Gasteiger partial charge in [-0.05, 0) is 68.1 Å². The number of carbonyl (C=O) groups is 1. The molecule has 6 heteroatoms. The fraction of sp³-hybridized carbons (Fsp3) is 0.400. The van der Waals surface area contributed by atoms with Crippen molar-refractivity contribution in [2.75, 3.05) is 39.8 Å². The van der Waals surface area contributed by atoms with E-state index in [9.17, 15) is 4.79 Å². The van der Waals surface area contributed by atoms with Crippen LogP contribution in [0, 0.1) is 12.8 Å². The van der Waals surface area contributed by atoms with Crippen LogP contribution in [0.15, 0.2) is 67.1 Å². The van der Waals surface area contributed by atoms with Gasteiger partial charge in [-0.2, -0.15) is 0 Å². The highest BCUT2D eigenvalue weighted by molar-refractivity contribution is 5.92. The Morgan fingerprint density at radius 1 is 1.08 bits per heavy atom. The fourth-order valence-corrected chi connectivity index (χ4v) is 5.62. The minimum atomic E-state index is 0.0744. The smallest absolute Gasteiger partial charge is 0.246 e. The molecule has 5 rings (SSSR count). The second-order valence-electron chi connectivity index (χ2n) is 10.1. The first-order valence-corrected chi connectivity index (χ1v) is 13.0. The van der Waals surface area contributed by atoms with Crippen molar-refractivity contribution in [2.24, 2.45) is 5.92 Å². The lowest BCUT2D eigenvalue weighted by molar-refractivity contribution is -0.125. The van der Waals surface area contributed by atoms with Crippen LogP contribution in [-0.2, 0) is 4.79 Å². The van der Waals surface area contributed by atoms with Crippen molar-refractivity contribution in [1.82, 2.24) is 19.4 Å². The van der Waals surface area contributed by atoms with Crippen molar-refractivity contribution in [1.29, 1.82) is 0 Å². The number of carbonyl (C=O) groups excluding carboxylic acids is 1. The van der Waals surface area contributed by atoms with E-state index in [2.05, 4.69) is 40.2 Å². The number of aryl methyl sites for hydroxylation is 1. The Kier molecular flexibility index (Phi) is 7.52. The number of benzene rings is 2. The third-order valence-electron chi connectivity index (χ3n) is 7.53. The number of hydrogen-bond acceptors (Lipinski definition) is 4. The second kappa shape index (κ2) is 11.1. The summed E-state index contributed by atoms with van der Waals surface area (Å²) in [4.78, 5) is 22.2. The van der Waals surface area contributed by atoms with Gasteiger partial charge in [-0.15, -0.1) is 0 Å². The molecule has 2 atom stereocenters. The van der Waals surface area contributed by atoms with Crippen LogP contribution in [0.2, 0.25) is 0 Å². The Labute approximate surface area is 214 Å². The van der Waals surface area contributed by atoms with Gasteiger partial charge >= 0.3 is 0 Å². The van der Waals surface area contributed by atoms with Gasteiger partial charge in [0, 0.05) is 37.8 Å². The molecular weight excluding hydrogens is 448 g/mol. The highest BCUT2D eigenvalue weighted by Gasteiger charge is 2.36. The van der Waals surface area contributed by atoms with E-state index in [1.54, 1.807) is 19.5 Å². The van der Waals surface area contributed by atoms with Crippen LogP contribution in [0.4, 0.5) is 0 Å². The van der Waals surface area contributed by atoms with Crippen LogP contribution in [-0.4, -0.2) is 65.1 Å². The molecule has 36 heavy (non-hydrogen) atoms. The van der Waals surface area contributed by atoms with Gasteiger partial charge in [0.2, 0.25) is 5.91 Å². The topological polar surface area (TPSA) is 50.6 Å². The molecule has 2 saturated heterocycles. The molecule has 3 aromatic rings. The van der Waals surface area contributed by atoms with Gasteiger partial charge in [0.05, 0.1) is 24.8 Å². The Morgan fingerprint density at radius 3 is 2.61 bits per heavy atom. The summed E-state index contributed by atoms with van der Waals surface area (Å²) >= 11 is 0. The third-order valence-corrected chi connectivity index (χ3v) is 7.53. The lowest BCUT2D eigenvalue weighted by atomic mass is 9.88. The van der Waals surface area contributed by atoms with E-state index in [0.717, 1.165) is 42.3 Å². The molecular formula is C30H36N4O2. The lowest BCUT2D eigenvalue weighted by Crippen LogP contribution is -2.36. The summed E-state index contributed by atoms with van der Waals surface area (Å²) in [6.45, 7) is 6.98. The number of nitrogens with zero attached hydrogens (tertiary/aromatic N) is 4. The molecule has 0 spiro atoms. The highest BCUT2D eigenvalue weighted by atomic mass is 16.5. The summed E-state index contributed by atoms with van der Waals surface area (Å²) in [5, 5.41) is 0. The zero-order valence-electron chi connectivity index (χ0n) is 21.3. The maximum absolute atomic E-state index is 13.3. The molecule has 188 valence electrons. The maximum atomic E-state index is 13.3. The first-order chi connectivity index (χ1) is 17.6. The molecule has 1 amide bonds.